The third-order valence-electron chi connectivity index (χ3n) is 6.89. The van der Waals surface area contributed by atoms with Gasteiger partial charge >= 0.3 is 0 Å². The lowest BCUT2D eigenvalue weighted by Crippen LogP contribution is -2.49. The fraction of sp³-hybridized carbons (Fsp3) is 0.200. The van der Waals surface area contributed by atoms with Crippen molar-refractivity contribution >= 4 is 22.8 Å². The number of piperazine rings is 1. The average Bonchev–Trinajstić information content (AvgIpc) is 3.30. The van der Waals surface area contributed by atoms with Crippen LogP contribution in [0.3, 0.4) is 0 Å². The minimum atomic E-state index is -0.350. The molecule has 3 aromatic carbocycles. The van der Waals surface area contributed by atoms with E-state index < -0.39 is 0 Å². The zero-order valence-electron chi connectivity index (χ0n) is 21.1. The standard InChI is InChI=1S/C30H27FN6O/c1-21-27-28(35-16-18-36(19-17-35)30(38)23-12-14-24(31)15-13-23)32-26(20-22-8-4-2-5-9-22)33-29(27)37(34-21)25-10-6-3-7-11-25/h2-15H,16-20H2,1H3. The van der Waals surface area contributed by atoms with Gasteiger partial charge in [-0.2, -0.15) is 5.10 Å². The van der Waals surface area contributed by atoms with Gasteiger partial charge in [-0.3, -0.25) is 4.79 Å². The number of nitrogens with zero attached hydrogens (tertiary/aromatic N) is 6. The summed E-state index contributed by atoms with van der Waals surface area (Å²) in [6.07, 6.45) is 0.603. The van der Waals surface area contributed by atoms with Gasteiger partial charge in [-0.1, -0.05) is 48.5 Å². The average molecular weight is 507 g/mol. The minimum absolute atomic E-state index is 0.0877. The maximum absolute atomic E-state index is 13.3. The van der Waals surface area contributed by atoms with Crippen molar-refractivity contribution in [1.29, 1.82) is 0 Å². The maximum Gasteiger partial charge on any atom is 0.253 e. The molecule has 0 spiro atoms. The van der Waals surface area contributed by atoms with Gasteiger partial charge in [-0.05, 0) is 48.9 Å². The Morgan fingerprint density at radius 1 is 0.842 bits per heavy atom. The van der Waals surface area contributed by atoms with E-state index in [4.69, 9.17) is 15.1 Å². The Kier molecular flexibility index (Phi) is 6.29. The van der Waals surface area contributed by atoms with Gasteiger partial charge in [0.15, 0.2) is 5.65 Å². The van der Waals surface area contributed by atoms with Gasteiger partial charge in [0.1, 0.15) is 17.5 Å². The van der Waals surface area contributed by atoms with Crippen LogP contribution >= 0.6 is 0 Å². The second-order valence-electron chi connectivity index (χ2n) is 9.44. The molecule has 2 aromatic heterocycles. The van der Waals surface area contributed by atoms with Crippen LogP contribution in [0, 0.1) is 12.7 Å². The first-order valence-electron chi connectivity index (χ1n) is 12.7. The van der Waals surface area contributed by atoms with E-state index in [9.17, 15) is 9.18 Å². The van der Waals surface area contributed by atoms with Crippen molar-refractivity contribution in [3.63, 3.8) is 0 Å². The highest BCUT2D eigenvalue weighted by molar-refractivity contribution is 5.95. The Bertz CT molecular complexity index is 1580. The summed E-state index contributed by atoms with van der Waals surface area (Å²) in [6.45, 7) is 4.32. The molecule has 0 bridgehead atoms. The lowest BCUT2D eigenvalue weighted by Gasteiger charge is -2.35. The predicted molar refractivity (Wildman–Crippen MR) is 145 cm³/mol. The van der Waals surface area contributed by atoms with Gasteiger partial charge in [0.05, 0.1) is 16.8 Å². The van der Waals surface area contributed by atoms with Crippen LogP contribution in [0.4, 0.5) is 10.2 Å². The number of rotatable bonds is 5. The molecule has 190 valence electrons. The van der Waals surface area contributed by atoms with Crippen LogP contribution < -0.4 is 4.90 Å². The van der Waals surface area contributed by atoms with E-state index in [1.165, 1.54) is 24.3 Å². The van der Waals surface area contributed by atoms with E-state index in [1.807, 2.05) is 65.0 Å². The van der Waals surface area contributed by atoms with Gasteiger partial charge in [0, 0.05) is 38.2 Å². The third kappa shape index (κ3) is 4.61. The Hall–Kier alpha value is -4.59. The zero-order valence-corrected chi connectivity index (χ0v) is 21.1. The number of halogens is 1. The topological polar surface area (TPSA) is 67.2 Å². The van der Waals surface area contributed by atoms with Gasteiger partial charge in [0.25, 0.3) is 5.91 Å². The quantitative estimate of drug-likeness (QED) is 0.342. The second-order valence-corrected chi connectivity index (χ2v) is 9.44. The maximum atomic E-state index is 13.3. The van der Waals surface area contributed by atoms with Crippen molar-refractivity contribution in [3.8, 4) is 5.69 Å². The number of aryl methyl sites for hydroxylation is 1. The van der Waals surface area contributed by atoms with Crippen molar-refractivity contribution in [1.82, 2.24) is 24.6 Å². The van der Waals surface area contributed by atoms with Crippen molar-refractivity contribution in [2.45, 2.75) is 13.3 Å². The molecule has 0 radical (unpaired) electrons. The van der Waals surface area contributed by atoms with Crippen LogP contribution in [0.5, 0.6) is 0 Å². The van der Waals surface area contributed by atoms with Crippen LogP contribution in [0.25, 0.3) is 16.7 Å². The summed E-state index contributed by atoms with van der Waals surface area (Å²) in [5.41, 5.74) is 4.20. The van der Waals surface area contributed by atoms with Crippen LogP contribution in [-0.4, -0.2) is 56.7 Å². The van der Waals surface area contributed by atoms with Gasteiger partial charge < -0.3 is 9.80 Å². The number of carbonyl (C=O) groups excluding carboxylic acids is 1. The monoisotopic (exact) mass is 506 g/mol. The highest BCUT2D eigenvalue weighted by Gasteiger charge is 2.27. The van der Waals surface area contributed by atoms with E-state index in [0.717, 1.165) is 39.6 Å². The van der Waals surface area contributed by atoms with Gasteiger partial charge in [0.2, 0.25) is 0 Å². The van der Waals surface area contributed by atoms with E-state index in [1.54, 1.807) is 0 Å². The van der Waals surface area contributed by atoms with Crippen LogP contribution in [0.2, 0.25) is 0 Å². The lowest BCUT2D eigenvalue weighted by atomic mass is 10.1. The molecular formula is C30H27FN6O. The number of fused-ring (bicyclic) bond motifs is 1. The minimum Gasteiger partial charge on any atom is -0.352 e. The number of aromatic nitrogens is 4. The van der Waals surface area contributed by atoms with Crippen molar-refractivity contribution in [3.05, 3.63) is 113 Å². The summed E-state index contributed by atoms with van der Waals surface area (Å²) >= 11 is 0. The molecule has 0 atom stereocenters. The number of amides is 1. The summed E-state index contributed by atoms with van der Waals surface area (Å²) in [5.74, 6) is 1.13. The summed E-state index contributed by atoms with van der Waals surface area (Å²) < 4.78 is 15.2. The molecule has 38 heavy (non-hydrogen) atoms. The van der Waals surface area contributed by atoms with Crippen molar-refractivity contribution < 1.29 is 9.18 Å². The molecule has 1 aliphatic rings. The lowest BCUT2D eigenvalue weighted by molar-refractivity contribution is 0.0746. The molecule has 6 rings (SSSR count). The van der Waals surface area contributed by atoms with Crippen molar-refractivity contribution in [2.24, 2.45) is 0 Å². The molecular weight excluding hydrogens is 479 g/mol. The predicted octanol–water partition coefficient (Wildman–Crippen LogP) is 4.82. The van der Waals surface area contributed by atoms with E-state index >= 15 is 0 Å². The summed E-state index contributed by atoms with van der Waals surface area (Å²) in [5, 5.41) is 5.77. The summed E-state index contributed by atoms with van der Waals surface area (Å²) in [6, 6.07) is 25.9. The van der Waals surface area contributed by atoms with Crippen LogP contribution in [0.1, 0.15) is 27.4 Å². The second kappa shape index (κ2) is 10.0. The first-order valence-corrected chi connectivity index (χ1v) is 12.7. The Labute approximate surface area is 220 Å². The number of carbonyl (C=O) groups is 1. The Balaban J connectivity index is 1.35. The van der Waals surface area contributed by atoms with Gasteiger partial charge in [-0.25, -0.2) is 19.0 Å². The molecule has 0 saturated carbocycles. The molecule has 0 aliphatic carbocycles. The zero-order chi connectivity index (χ0) is 26.1. The Morgan fingerprint density at radius 2 is 1.50 bits per heavy atom. The summed E-state index contributed by atoms with van der Waals surface area (Å²) in [7, 11) is 0. The molecule has 1 amide bonds. The van der Waals surface area contributed by atoms with E-state index in [-0.39, 0.29) is 11.7 Å². The first-order chi connectivity index (χ1) is 18.6. The van der Waals surface area contributed by atoms with Crippen LogP contribution in [-0.2, 0) is 6.42 Å². The normalized spacial score (nSPS) is 13.7. The number of hydrogen-bond donors (Lipinski definition) is 0. The number of para-hydroxylation sites is 1. The highest BCUT2D eigenvalue weighted by Crippen LogP contribution is 2.30. The first kappa shape index (κ1) is 23.8. The molecule has 3 heterocycles. The molecule has 1 fully saturated rings. The number of hydrogen-bond acceptors (Lipinski definition) is 5. The van der Waals surface area contributed by atoms with Crippen LogP contribution in [0.15, 0.2) is 84.9 Å². The van der Waals surface area contributed by atoms with Crippen molar-refractivity contribution in [2.75, 3.05) is 31.1 Å². The molecule has 0 unspecified atom stereocenters. The van der Waals surface area contributed by atoms with E-state index in [2.05, 4.69) is 17.0 Å². The van der Waals surface area contributed by atoms with Gasteiger partial charge in [-0.15, -0.1) is 0 Å². The largest absolute Gasteiger partial charge is 0.352 e. The fourth-order valence-corrected chi connectivity index (χ4v) is 4.94. The molecule has 1 saturated heterocycles. The van der Waals surface area contributed by atoms with E-state index in [0.29, 0.717) is 38.2 Å². The number of benzene rings is 3. The fourth-order valence-electron chi connectivity index (χ4n) is 4.94. The highest BCUT2D eigenvalue weighted by atomic mass is 19.1. The molecule has 1 aliphatic heterocycles. The third-order valence-corrected chi connectivity index (χ3v) is 6.89. The Morgan fingerprint density at radius 3 is 2.18 bits per heavy atom. The number of anilines is 1. The molecule has 8 heteroatoms. The SMILES string of the molecule is Cc1nn(-c2ccccc2)c2nc(Cc3ccccc3)nc(N3CCN(C(=O)c4ccc(F)cc4)CC3)c12. The smallest absolute Gasteiger partial charge is 0.253 e. The molecule has 7 nitrogen and oxygen atoms in total. The molecule has 0 N–H and O–H groups in total. The summed E-state index contributed by atoms with van der Waals surface area (Å²) in [4.78, 5) is 27.0. The molecule has 5 aromatic rings.